The summed E-state index contributed by atoms with van der Waals surface area (Å²) in [5.41, 5.74) is 0.789. The molecule has 0 spiro atoms. The molecule has 0 aromatic heterocycles. The molecular weight excluding hydrogens is 272 g/mol. The fourth-order valence-corrected chi connectivity index (χ4v) is 2.13. The standard InChI is InChI=1S/C13H19ClO5/c1-17-11-8(4-5-9(16)7-15)6-10(14)12(18-2)13(11)19-3/h6,9,15-16H,4-5,7H2,1-3H3. The maximum Gasteiger partial charge on any atom is 0.205 e. The number of benzene rings is 1. The number of rotatable bonds is 7. The Labute approximate surface area is 117 Å². The van der Waals surface area contributed by atoms with Crippen LogP contribution in [0.1, 0.15) is 12.0 Å². The Morgan fingerprint density at radius 2 is 1.68 bits per heavy atom. The highest BCUT2D eigenvalue weighted by Crippen LogP contribution is 2.45. The van der Waals surface area contributed by atoms with Gasteiger partial charge in [-0.1, -0.05) is 11.6 Å². The molecule has 0 heterocycles. The van der Waals surface area contributed by atoms with Gasteiger partial charge in [0.05, 0.1) is 39.1 Å². The summed E-state index contributed by atoms with van der Waals surface area (Å²) in [6.07, 6.45) is 0.139. The van der Waals surface area contributed by atoms with Crippen molar-refractivity contribution in [2.75, 3.05) is 27.9 Å². The number of hydrogen-bond donors (Lipinski definition) is 2. The van der Waals surface area contributed by atoms with E-state index in [1.165, 1.54) is 21.3 Å². The van der Waals surface area contributed by atoms with Gasteiger partial charge in [0.15, 0.2) is 11.5 Å². The van der Waals surface area contributed by atoms with E-state index in [1.54, 1.807) is 6.07 Å². The second-order valence-corrected chi connectivity index (χ2v) is 4.40. The van der Waals surface area contributed by atoms with E-state index in [9.17, 15) is 5.11 Å². The average Bonchev–Trinajstić information content (AvgIpc) is 2.43. The molecule has 108 valence electrons. The lowest BCUT2D eigenvalue weighted by Crippen LogP contribution is -2.13. The fourth-order valence-electron chi connectivity index (χ4n) is 1.84. The van der Waals surface area contributed by atoms with Crippen LogP contribution in [0.3, 0.4) is 0 Å². The van der Waals surface area contributed by atoms with Gasteiger partial charge in [-0.15, -0.1) is 0 Å². The number of halogens is 1. The van der Waals surface area contributed by atoms with Crippen molar-refractivity contribution in [2.24, 2.45) is 0 Å². The van der Waals surface area contributed by atoms with E-state index in [-0.39, 0.29) is 6.61 Å². The van der Waals surface area contributed by atoms with Crippen molar-refractivity contribution in [2.45, 2.75) is 18.9 Å². The lowest BCUT2D eigenvalue weighted by atomic mass is 10.0. The van der Waals surface area contributed by atoms with E-state index in [1.807, 2.05) is 0 Å². The third-order valence-corrected chi connectivity index (χ3v) is 3.07. The van der Waals surface area contributed by atoms with Gasteiger partial charge in [-0.05, 0) is 24.5 Å². The molecule has 1 aromatic carbocycles. The molecule has 0 bridgehead atoms. The fraction of sp³-hybridized carbons (Fsp3) is 0.538. The third kappa shape index (κ3) is 3.65. The Balaban J connectivity index is 3.13. The molecule has 0 fully saturated rings. The number of aliphatic hydroxyl groups excluding tert-OH is 2. The Morgan fingerprint density at radius 1 is 1.11 bits per heavy atom. The molecule has 6 heteroatoms. The summed E-state index contributed by atoms with van der Waals surface area (Å²) in [7, 11) is 4.53. The summed E-state index contributed by atoms with van der Waals surface area (Å²) in [5.74, 6) is 1.35. The van der Waals surface area contributed by atoms with Crippen LogP contribution in [0.4, 0.5) is 0 Å². The monoisotopic (exact) mass is 290 g/mol. The van der Waals surface area contributed by atoms with Crippen LogP contribution < -0.4 is 14.2 Å². The van der Waals surface area contributed by atoms with E-state index < -0.39 is 6.10 Å². The Kier molecular flexibility index (Phi) is 6.21. The Bertz CT molecular complexity index is 422. The zero-order chi connectivity index (χ0) is 14.4. The molecule has 0 saturated heterocycles. The number of hydrogen-bond acceptors (Lipinski definition) is 5. The summed E-state index contributed by atoms with van der Waals surface area (Å²) in [5, 5.41) is 18.6. The summed E-state index contributed by atoms with van der Waals surface area (Å²) in [6, 6.07) is 1.71. The molecule has 19 heavy (non-hydrogen) atoms. The highest BCUT2D eigenvalue weighted by molar-refractivity contribution is 6.32. The van der Waals surface area contributed by atoms with Crippen LogP contribution in [-0.2, 0) is 6.42 Å². The third-order valence-electron chi connectivity index (χ3n) is 2.79. The second kappa shape index (κ2) is 7.43. The highest BCUT2D eigenvalue weighted by atomic mass is 35.5. The van der Waals surface area contributed by atoms with Gasteiger partial charge in [0.25, 0.3) is 0 Å². The molecule has 0 radical (unpaired) electrons. The van der Waals surface area contributed by atoms with E-state index in [0.29, 0.717) is 35.1 Å². The number of ether oxygens (including phenoxy) is 3. The van der Waals surface area contributed by atoms with Gasteiger partial charge in [-0.3, -0.25) is 0 Å². The van der Waals surface area contributed by atoms with Crippen LogP contribution in [0, 0.1) is 0 Å². The van der Waals surface area contributed by atoms with Crippen molar-refractivity contribution in [1.29, 1.82) is 0 Å². The van der Waals surface area contributed by atoms with Crippen molar-refractivity contribution in [3.8, 4) is 17.2 Å². The molecule has 5 nitrogen and oxygen atoms in total. The number of aryl methyl sites for hydroxylation is 1. The lowest BCUT2D eigenvalue weighted by molar-refractivity contribution is 0.0884. The molecule has 2 N–H and O–H groups in total. The van der Waals surface area contributed by atoms with Gasteiger partial charge in [0, 0.05) is 0 Å². The molecular formula is C13H19ClO5. The van der Waals surface area contributed by atoms with Crippen LogP contribution in [0.25, 0.3) is 0 Å². The van der Waals surface area contributed by atoms with Gasteiger partial charge in [0.2, 0.25) is 5.75 Å². The first-order valence-electron chi connectivity index (χ1n) is 5.85. The molecule has 1 rings (SSSR count). The first-order valence-corrected chi connectivity index (χ1v) is 6.23. The van der Waals surface area contributed by atoms with Crippen LogP contribution in [0.5, 0.6) is 17.2 Å². The summed E-state index contributed by atoms with van der Waals surface area (Å²) < 4.78 is 15.8. The van der Waals surface area contributed by atoms with Crippen molar-refractivity contribution in [1.82, 2.24) is 0 Å². The minimum atomic E-state index is -0.767. The predicted molar refractivity (Wildman–Crippen MR) is 72.5 cm³/mol. The molecule has 0 aliphatic heterocycles. The van der Waals surface area contributed by atoms with Crippen LogP contribution in [-0.4, -0.2) is 44.3 Å². The molecule has 0 aliphatic carbocycles. The van der Waals surface area contributed by atoms with E-state index in [0.717, 1.165) is 5.56 Å². The normalized spacial score (nSPS) is 12.1. The lowest BCUT2D eigenvalue weighted by Gasteiger charge is -2.17. The maximum atomic E-state index is 9.40. The Morgan fingerprint density at radius 3 is 2.16 bits per heavy atom. The van der Waals surface area contributed by atoms with Crippen LogP contribution in [0.15, 0.2) is 6.07 Å². The number of methoxy groups -OCH3 is 3. The molecule has 0 amide bonds. The number of aliphatic hydroxyl groups is 2. The Hall–Kier alpha value is -1.17. The SMILES string of the molecule is COc1c(Cl)cc(CCC(O)CO)c(OC)c1OC. The first-order chi connectivity index (χ1) is 9.08. The summed E-state index contributed by atoms with van der Waals surface area (Å²) >= 11 is 6.12. The quantitative estimate of drug-likeness (QED) is 0.799. The zero-order valence-corrected chi connectivity index (χ0v) is 12.0. The second-order valence-electron chi connectivity index (χ2n) is 3.99. The maximum absolute atomic E-state index is 9.40. The minimum Gasteiger partial charge on any atom is -0.492 e. The molecule has 0 aliphatic rings. The topological polar surface area (TPSA) is 68.2 Å². The molecule has 1 atom stereocenters. The zero-order valence-electron chi connectivity index (χ0n) is 11.3. The molecule has 0 saturated carbocycles. The molecule has 1 unspecified atom stereocenters. The minimum absolute atomic E-state index is 0.274. The van der Waals surface area contributed by atoms with Gasteiger partial charge >= 0.3 is 0 Å². The van der Waals surface area contributed by atoms with Crippen LogP contribution >= 0.6 is 11.6 Å². The van der Waals surface area contributed by atoms with Crippen molar-refractivity contribution >= 4 is 11.6 Å². The average molecular weight is 291 g/mol. The van der Waals surface area contributed by atoms with Crippen molar-refractivity contribution in [3.63, 3.8) is 0 Å². The highest BCUT2D eigenvalue weighted by Gasteiger charge is 2.20. The van der Waals surface area contributed by atoms with Gasteiger partial charge in [0.1, 0.15) is 0 Å². The smallest absolute Gasteiger partial charge is 0.205 e. The van der Waals surface area contributed by atoms with E-state index in [2.05, 4.69) is 0 Å². The largest absolute Gasteiger partial charge is 0.492 e. The first kappa shape index (κ1) is 15.9. The van der Waals surface area contributed by atoms with E-state index in [4.69, 9.17) is 30.9 Å². The summed E-state index contributed by atoms with van der Waals surface area (Å²) in [6.45, 7) is -0.274. The van der Waals surface area contributed by atoms with Crippen molar-refractivity contribution in [3.05, 3.63) is 16.7 Å². The van der Waals surface area contributed by atoms with Gasteiger partial charge in [-0.2, -0.15) is 0 Å². The van der Waals surface area contributed by atoms with Crippen molar-refractivity contribution < 1.29 is 24.4 Å². The van der Waals surface area contributed by atoms with E-state index >= 15 is 0 Å². The predicted octanol–water partition coefficient (Wildman–Crippen LogP) is 1.65. The molecule has 1 aromatic rings. The van der Waals surface area contributed by atoms with Gasteiger partial charge in [-0.25, -0.2) is 0 Å². The summed E-state index contributed by atoms with van der Waals surface area (Å²) in [4.78, 5) is 0. The van der Waals surface area contributed by atoms with Gasteiger partial charge < -0.3 is 24.4 Å². The van der Waals surface area contributed by atoms with Crippen LogP contribution in [0.2, 0.25) is 5.02 Å².